The van der Waals surface area contributed by atoms with Crippen LogP contribution >= 0.6 is 0 Å². The lowest BCUT2D eigenvalue weighted by atomic mass is 10.2. The maximum atomic E-state index is 11.0. The van der Waals surface area contributed by atoms with E-state index in [2.05, 4.69) is 21.5 Å². The van der Waals surface area contributed by atoms with Crippen molar-refractivity contribution in [2.75, 3.05) is 17.5 Å². The van der Waals surface area contributed by atoms with Crippen molar-refractivity contribution in [1.82, 2.24) is 4.98 Å². The summed E-state index contributed by atoms with van der Waals surface area (Å²) in [5.74, 6) is 5.69. The number of aromatic nitrogens is 1. The molecule has 0 radical (unpaired) electrons. The zero-order valence-electron chi connectivity index (χ0n) is 8.90. The number of hydrogen-bond acceptors (Lipinski definition) is 4. The topological polar surface area (TPSA) is 85.1 Å². The Morgan fingerprint density at radius 1 is 1.50 bits per heavy atom. The average molecular weight is 239 g/mol. The Bertz CT molecular complexity index is 514. The van der Waals surface area contributed by atoms with Crippen molar-refractivity contribution < 1.29 is 8.42 Å². The summed E-state index contributed by atoms with van der Waals surface area (Å²) in [6.45, 7) is 0.502. The summed E-state index contributed by atoms with van der Waals surface area (Å²) in [5, 5.41) is 0. The van der Waals surface area contributed by atoms with Crippen LogP contribution in [0.1, 0.15) is 12.0 Å². The molecule has 6 heteroatoms. The Hall–Kier alpha value is -1.58. The highest BCUT2D eigenvalue weighted by Crippen LogP contribution is 2.08. The minimum atomic E-state index is -3.28. The van der Waals surface area contributed by atoms with Crippen molar-refractivity contribution in [3.8, 4) is 11.8 Å². The molecule has 5 nitrogen and oxygen atoms in total. The first-order valence-corrected chi connectivity index (χ1v) is 6.52. The molecule has 86 valence electrons. The molecule has 3 N–H and O–H groups in total. The van der Waals surface area contributed by atoms with Gasteiger partial charge < -0.3 is 5.73 Å². The highest BCUT2D eigenvalue weighted by Gasteiger charge is 2.01. The van der Waals surface area contributed by atoms with Crippen LogP contribution in [0.2, 0.25) is 0 Å². The second-order valence-corrected chi connectivity index (χ2v) is 4.93. The summed E-state index contributed by atoms with van der Waals surface area (Å²) < 4.78 is 24.3. The van der Waals surface area contributed by atoms with Gasteiger partial charge in [0.15, 0.2) is 0 Å². The lowest BCUT2D eigenvalue weighted by Gasteiger charge is -2.02. The van der Waals surface area contributed by atoms with E-state index in [1.807, 2.05) is 0 Å². The molecule has 1 rings (SSSR count). The fourth-order valence-corrected chi connectivity index (χ4v) is 1.55. The Labute approximate surface area is 95.1 Å². The standard InChI is InChI=1S/C10H13N3O2S/c1-16(14,15)13-10-6-9(7-12-8-10)4-2-3-5-11/h6-8,13H,3,5,11H2,1H3. The van der Waals surface area contributed by atoms with Crippen LogP contribution in [-0.4, -0.2) is 26.2 Å². The molecular formula is C10H13N3O2S. The van der Waals surface area contributed by atoms with Crippen LogP contribution in [0.4, 0.5) is 5.69 Å². The van der Waals surface area contributed by atoms with E-state index in [1.54, 1.807) is 12.3 Å². The zero-order valence-corrected chi connectivity index (χ0v) is 9.71. The van der Waals surface area contributed by atoms with Gasteiger partial charge in [-0.05, 0) is 6.07 Å². The molecule has 0 aliphatic rings. The predicted octanol–water partition coefficient (Wildman–Crippen LogP) is 0.153. The molecular weight excluding hydrogens is 226 g/mol. The van der Waals surface area contributed by atoms with E-state index in [9.17, 15) is 8.42 Å². The summed E-state index contributed by atoms with van der Waals surface area (Å²) in [7, 11) is -3.28. The summed E-state index contributed by atoms with van der Waals surface area (Å²) in [5.41, 5.74) is 6.36. The summed E-state index contributed by atoms with van der Waals surface area (Å²) >= 11 is 0. The van der Waals surface area contributed by atoms with Crippen molar-refractivity contribution in [3.63, 3.8) is 0 Å². The second-order valence-electron chi connectivity index (χ2n) is 3.18. The van der Waals surface area contributed by atoms with E-state index >= 15 is 0 Å². The van der Waals surface area contributed by atoms with Gasteiger partial charge in [-0.15, -0.1) is 0 Å². The number of sulfonamides is 1. The molecule has 0 saturated carbocycles. The molecule has 1 heterocycles. The van der Waals surface area contributed by atoms with E-state index < -0.39 is 10.0 Å². The maximum Gasteiger partial charge on any atom is 0.229 e. The van der Waals surface area contributed by atoms with E-state index in [0.29, 0.717) is 24.2 Å². The molecule has 0 bridgehead atoms. The summed E-state index contributed by atoms with van der Waals surface area (Å²) in [6.07, 6.45) is 4.68. The first-order valence-electron chi connectivity index (χ1n) is 4.63. The van der Waals surface area contributed by atoms with Gasteiger partial charge >= 0.3 is 0 Å². The third-order valence-corrected chi connectivity index (χ3v) is 2.15. The van der Waals surface area contributed by atoms with Gasteiger partial charge in [0.05, 0.1) is 18.1 Å². The number of nitrogens with two attached hydrogens (primary N) is 1. The molecule has 0 amide bonds. The molecule has 0 aliphatic carbocycles. The zero-order chi connectivity index (χ0) is 12.0. The molecule has 0 saturated heterocycles. The second kappa shape index (κ2) is 5.49. The van der Waals surface area contributed by atoms with Crippen molar-refractivity contribution in [2.24, 2.45) is 5.73 Å². The molecule has 0 unspecified atom stereocenters. The Balaban J connectivity index is 2.84. The molecule has 16 heavy (non-hydrogen) atoms. The molecule has 1 aromatic rings. The molecule has 0 aromatic carbocycles. The van der Waals surface area contributed by atoms with Crippen LogP contribution in [0.3, 0.4) is 0 Å². The number of hydrogen-bond donors (Lipinski definition) is 2. The van der Waals surface area contributed by atoms with Gasteiger partial charge in [-0.1, -0.05) is 11.8 Å². The molecule has 1 aromatic heterocycles. The normalized spacial score (nSPS) is 10.4. The van der Waals surface area contributed by atoms with Gasteiger partial charge in [0.2, 0.25) is 10.0 Å². The van der Waals surface area contributed by atoms with Crippen molar-refractivity contribution in [1.29, 1.82) is 0 Å². The van der Waals surface area contributed by atoms with Crippen LogP contribution < -0.4 is 10.5 Å². The fraction of sp³-hybridized carbons (Fsp3) is 0.300. The van der Waals surface area contributed by atoms with E-state index in [4.69, 9.17) is 5.73 Å². The van der Waals surface area contributed by atoms with E-state index in [1.165, 1.54) is 6.20 Å². The number of nitrogens with one attached hydrogen (secondary N) is 1. The Morgan fingerprint density at radius 2 is 2.25 bits per heavy atom. The monoisotopic (exact) mass is 239 g/mol. The van der Waals surface area contributed by atoms with Gasteiger partial charge in [-0.25, -0.2) is 8.42 Å². The minimum absolute atomic E-state index is 0.405. The summed E-state index contributed by atoms with van der Waals surface area (Å²) in [4.78, 5) is 3.89. The minimum Gasteiger partial charge on any atom is -0.330 e. The number of anilines is 1. The van der Waals surface area contributed by atoms with E-state index in [0.717, 1.165) is 6.26 Å². The molecule has 0 spiro atoms. The fourth-order valence-electron chi connectivity index (χ4n) is 1.01. The van der Waals surface area contributed by atoms with Crippen molar-refractivity contribution in [2.45, 2.75) is 6.42 Å². The van der Waals surface area contributed by atoms with E-state index in [-0.39, 0.29) is 0 Å². The SMILES string of the molecule is CS(=O)(=O)Nc1cncc(C#CCCN)c1. The van der Waals surface area contributed by atoms with Crippen LogP contribution in [0.5, 0.6) is 0 Å². The molecule has 0 aliphatic heterocycles. The largest absolute Gasteiger partial charge is 0.330 e. The summed E-state index contributed by atoms with van der Waals surface area (Å²) in [6, 6.07) is 1.62. The third-order valence-electron chi connectivity index (χ3n) is 1.54. The van der Waals surface area contributed by atoms with Crippen LogP contribution in [0.25, 0.3) is 0 Å². The number of nitrogens with zero attached hydrogens (tertiary/aromatic N) is 1. The highest BCUT2D eigenvalue weighted by molar-refractivity contribution is 7.92. The first kappa shape index (κ1) is 12.5. The Morgan fingerprint density at radius 3 is 2.88 bits per heavy atom. The predicted molar refractivity (Wildman–Crippen MR) is 63.3 cm³/mol. The lowest BCUT2D eigenvalue weighted by Crippen LogP contribution is -2.09. The van der Waals surface area contributed by atoms with Crippen LogP contribution in [0, 0.1) is 11.8 Å². The quantitative estimate of drug-likeness (QED) is 0.735. The molecule has 0 atom stereocenters. The van der Waals surface area contributed by atoms with Crippen LogP contribution in [-0.2, 0) is 10.0 Å². The maximum absolute atomic E-state index is 11.0. The highest BCUT2D eigenvalue weighted by atomic mass is 32.2. The lowest BCUT2D eigenvalue weighted by molar-refractivity contribution is 0.607. The smallest absolute Gasteiger partial charge is 0.229 e. The van der Waals surface area contributed by atoms with Gasteiger partial charge in [0.1, 0.15) is 0 Å². The van der Waals surface area contributed by atoms with Gasteiger partial charge in [0.25, 0.3) is 0 Å². The number of pyridine rings is 1. The van der Waals surface area contributed by atoms with Crippen molar-refractivity contribution >= 4 is 15.7 Å². The van der Waals surface area contributed by atoms with Gasteiger partial charge in [0, 0.05) is 24.7 Å². The third kappa shape index (κ3) is 4.77. The van der Waals surface area contributed by atoms with Crippen LogP contribution in [0.15, 0.2) is 18.5 Å². The first-order chi connectivity index (χ1) is 7.51. The number of rotatable bonds is 3. The average Bonchev–Trinajstić information content (AvgIpc) is 2.16. The van der Waals surface area contributed by atoms with Gasteiger partial charge in [-0.3, -0.25) is 9.71 Å². The Kier molecular flexibility index (Phi) is 4.28. The molecule has 0 fully saturated rings. The van der Waals surface area contributed by atoms with Gasteiger partial charge in [-0.2, -0.15) is 0 Å². The van der Waals surface area contributed by atoms with Crippen molar-refractivity contribution in [3.05, 3.63) is 24.0 Å².